The van der Waals surface area contributed by atoms with Crippen LogP contribution in [0.4, 0.5) is 9.18 Å². The number of benzene rings is 1. The highest BCUT2D eigenvalue weighted by atomic mass is 32.1. The molecule has 3 rings (SSSR count). The van der Waals surface area contributed by atoms with Crippen LogP contribution in [0.1, 0.15) is 5.69 Å². The van der Waals surface area contributed by atoms with Gasteiger partial charge >= 0.3 is 6.03 Å². The fraction of sp³-hybridized carbons (Fsp3) is 0.375. The molecular weight excluding hydrogens is 315 g/mol. The van der Waals surface area contributed by atoms with E-state index in [1.165, 1.54) is 12.1 Å². The zero-order valence-electron chi connectivity index (χ0n) is 13.0. The van der Waals surface area contributed by atoms with E-state index in [0.29, 0.717) is 0 Å². The molecule has 1 aromatic heterocycles. The second-order valence-corrected chi connectivity index (χ2v) is 6.33. The molecule has 7 heteroatoms. The molecule has 2 amide bonds. The molecule has 0 aliphatic carbocycles. The van der Waals surface area contributed by atoms with Crippen LogP contribution < -0.4 is 5.32 Å². The van der Waals surface area contributed by atoms with Crippen LogP contribution in [0.15, 0.2) is 29.6 Å². The van der Waals surface area contributed by atoms with Crippen molar-refractivity contribution < 1.29 is 9.18 Å². The zero-order valence-corrected chi connectivity index (χ0v) is 13.8. The number of piperazine rings is 1. The quantitative estimate of drug-likeness (QED) is 0.938. The molecular formula is C16H19FN4OS. The molecule has 2 aromatic rings. The first-order valence-electron chi connectivity index (χ1n) is 7.55. The predicted molar refractivity (Wildman–Crippen MR) is 88.8 cm³/mol. The Morgan fingerprint density at radius 3 is 2.61 bits per heavy atom. The highest BCUT2D eigenvalue weighted by Gasteiger charge is 2.20. The summed E-state index contributed by atoms with van der Waals surface area (Å²) in [4.78, 5) is 20.3. The van der Waals surface area contributed by atoms with E-state index >= 15 is 0 Å². The molecule has 5 nitrogen and oxygen atoms in total. The zero-order chi connectivity index (χ0) is 16.2. The van der Waals surface area contributed by atoms with Gasteiger partial charge in [-0.3, -0.25) is 4.90 Å². The van der Waals surface area contributed by atoms with Crippen molar-refractivity contribution in [3.05, 3.63) is 41.2 Å². The number of carbonyl (C=O) groups excluding carboxylic acids is 1. The first-order valence-corrected chi connectivity index (χ1v) is 8.43. The van der Waals surface area contributed by atoms with Gasteiger partial charge in [-0.15, -0.1) is 11.3 Å². The molecule has 1 aromatic carbocycles. The lowest BCUT2D eigenvalue weighted by Crippen LogP contribution is -2.50. The topological polar surface area (TPSA) is 48.5 Å². The van der Waals surface area contributed by atoms with Gasteiger partial charge in [0.1, 0.15) is 10.8 Å². The maximum absolute atomic E-state index is 13.0. The van der Waals surface area contributed by atoms with Crippen molar-refractivity contribution in [1.29, 1.82) is 0 Å². The molecule has 1 aliphatic rings. The molecule has 2 heterocycles. The van der Waals surface area contributed by atoms with Crippen molar-refractivity contribution in [2.45, 2.75) is 6.54 Å². The summed E-state index contributed by atoms with van der Waals surface area (Å²) in [6.45, 7) is 3.93. The third-order valence-corrected chi connectivity index (χ3v) is 4.84. The number of carbonyl (C=O) groups is 1. The summed E-state index contributed by atoms with van der Waals surface area (Å²) in [6, 6.07) is 6.39. The van der Waals surface area contributed by atoms with E-state index in [1.54, 1.807) is 30.5 Å². The Morgan fingerprint density at radius 1 is 1.26 bits per heavy atom. The Kier molecular flexibility index (Phi) is 4.88. The second kappa shape index (κ2) is 7.06. The Bertz CT molecular complexity index is 665. The Labute approximate surface area is 138 Å². The monoisotopic (exact) mass is 334 g/mol. The minimum absolute atomic E-state index is 0.0168. The molecule has 0 saturated carbocycles. The lowest BCUT2D eigenvalue weighted by Gasteiger charge is -2.33. The molecule has 0 bridgehead atoms. The average molecular weight is 334 g/mol. The summed E-state index contributed by atoms with van der Waals surface area (Å²) in [7, 11) is 1.65. The van der Waals surface area contributed by atoms with Gasteiger partial charge in [0.25, 0.3) is 0 Å². The summed E-state index contributed by atoms with van der Waals surface area (Å²) in [5.41, 5.74) is 1.95. The maximum atomic E-state index is 13.0. The molecule has 1 aliphatic heterocycles. The number of nitrogens with zero attached hydrogens (tertiary/aromatic N) is 3. The normalized spacial score (nSPS) is 15.7. The second-order valence-electron chi connectivity index (χ2n) is 5.47. The molecule has 0 atom stereocenters. The number of thiazole rings is 1. The summed E-state index contributed by atoms with van der Waals surface area (Å²) >= 11 is 1.57. The van der Waals surface area contributed by atoms with Gasteiger partial charge in [0.15, 0.2) is 0 Å². The fourth-order valence-electron chi connectivity index (χ4n) is 2.60. The number of rotatable bonds is 3. The number of halogens is 1. The van der Waals surface area contributed by atoms with E-state index < -0.39 is 0 Å². The first-order chi connectivity index (χ1) is 11.2. The first kappa shape index (κ1) is 15.9. The van der Waals surface area contributed by atoms with Crippen LogP contribution in [0.3, 0.4) is 0 Å². The molecule has 1 N–H and O–H groups in total. The highest BCUT2D eigenvalue weighted by Crippen LogP contribution is 2.24. The summed E-state index contributed by atoms with van der Waals surface area (Å²) in [5, 5.41) is 5.61. The van der Waals surface area contributed by atoms with Crippen LogP contribution in [0.5, 0.6) is 0 Å². The van der Waals surface area contributed by atoms with Crippen LogP contribution in [-0.2, 0) is 6.54 Å². The number of amides is 2. The smallest absolute Gasteiger partial charge is 0.317 e. The molecule has 1 saturated heterocycles. The molecule has 0 radical (unpaired) electrons. The Balaban J connectivity index is 1.58. The van der Waals surface area contributed by atoms with Crippen molar-refractivity contribution in [3.63, 3.8) is 0 Å². The summed E-state index contributed by atoms with van der Waals surface area (Å²) in [6.07, 6.45) is 0. The van der Waals surface area contributed by atoms with E-state index in [2.05, 4.69) is 15.2 Å². The van der Waals surface area contributed by atoms with Gasteiger partial charge in [-0.25, -0.2) is 14.2 Å². The van der Waals surface area contributed by atoms with Gasteiger partial charge in [-0.1, -0.05) is 0 Å². The highest BCUT2D eigenvalue weighted by molar-refractivity contribution is 7.13. The van der Waals surface area contributed by atoms with E-state index in [0.717, 1.165) is 49.0 Å². The van der Waals surface area contributed by atoms with Crippen molar-refractivity contribution in [3.8, 4) is 10.6 Å². The van der Waals surface area contributed by atoms with E-state index in [9.17, 15) is 9.18 Å². The van der Waals surface area contributed by atoms with Crippen LogP contribution in [0, 0.1) is 5.82 Å². The van der Waals surface area contributed by atoms with Crippen LogP contribution in [-0.4, -0.2) is 54.0 Å². The summed E-state index contributed by atoms with van der Waals surface area (Å²) < 4.78 is 13.0. The van der Waals surface area contributed by atoms with Gasteiger partial charge in [-0.05, 0) is 24.3 Å². The number of aromatic nitrogens is 1. The van der Waals surface area contributed by atoms with Gasteiger partial charge in [-0.2, -0.15) is 0 Å². The minimum atomic E-state index is -0.237. The third kappa shape index (κ3) is 3.86. The predicted octanol–water partition coefficient (Wildman–Crippen LogP) is 2.41. The molecule has 0 unspecified atom stereocenters. The Morgan fingerprint density at radius 2 is 1.96 bits per heavy atom. The number of hydrogen-bond acceptors (Lipinski definition) is 4. The molecule has 1 fully saturated rings. The molecule has 0 spiro atoms. The van der Waals surface area contributed by atoms with Crippen LogP contribution in [0.2, 0.25) is 0 Å². The van der Waals surface area contributed by atoms with Crippen molar-refractivity contribution >= 4 is 17.4 Å². The standard InChI is InChI=1S/C16H19FN4OS/c1-18-16(22)21-8-6-20(7-9-21)10-14-11-23-15(19-14)12-2-4-13(17)5-3-12/h2-5,11H,6-10H2,1H3,(H,18,22). The van der Waals surface area contributed by atoms with Gasteiger partial charge in [0, 0.05) is 50.7 Å². The molecule has 23 heavy (non-hydrogen) atoms. The summed E-state index contributed by atoms with van der Waals surface area (Å²) in [5.74, 6) is -0.237. The Hall–Kier alpha value is -1.99. The lowest BCUT2D eigenvalue weighted by atomic mass is 10.2. The number of nitrogens with one attached hydrogen (secondary N) is 1. The van der Waals surface area contributed by atoms with Gasteiger partial charge in [0.05, 0.1) is 5.69 Å². The fourth-order valence-corrected chi connectivity index (χ4v) is 3.42. The largest absolute Gasteiger partial charge is 0.341 e. The minimum Gasteiger partial charge on any atom is -0.341 e. The van der Waals surface area contributed by atoms with E-state index in [4.69, 9.17) is 0 Å². The van der Waals surface area contributed by atoms with Gasteiger partial charge in [0.2, 0.25) is 0 Å². The van der Waals surface area contributed by atoms with Gasteiger partial charge < -0.3 is 10.2 Å². The average Bonchev–Trinajstić information content (AvgIpc) is 3.04. The lowest BCUT2D eigenvalue weighted by molar-refractivity contribution is 0.136. The van der Waals surface area contributed by atoms with Crippen molar-refractivity contribution in [1.82, 2.24) is 20.1 Å². The number of hydrogen-bond donors (Lipinski definition) is 1. The maximum Gasteiger partial charge on any atom is 0.317 e. The van der Waals surface area contributed by atoms with Crippen molar-refractivity contribution in [2.24, 2.45) is 0 Å². The molecule has 122 valence electrons. The van der Waals surface area contributed by atoms with Crippen molar-refractivity contribution in [2.75, 3.05) is 33.2 Å². The van der Waals surface area contributed by atoms with E-state index in [-0.39, 0.29) is 11.8 Å². The SMILES string of the molecule is CNC(=O)N1CCN(Cc2csc(-c3ccc(F)cc3)n2)CC1. The van der Waals surface area contributed by atoms with E-state index in [1.807, 2.05) is 10.3 Å². The number of urea groups is 1. The van der Waals surface area contributed by atoms with Crippen LogP contribution >= 0.6 is 11.3 Å². The third-order valence-electron chi connectivity index (χ3n) is 3.90. The van der Waals surface area contributed by atoms with Crippen LogP contribution in [0.25, 0.3) is 10.6 Å².